The standard InChI is InChI=1S/C21H30Cl2N2O5/c1-12(2)17(25-19(27)30-20(4,5)6)18(26)24-11-21(28-10-13(3)29-21)15-8-7-14(22)9-16(15)23/h7-9,12-13,17H,10-11H2,1-6H3,(H,24,26)(H,25,27). The third-order valence-electron chi connectivity index (χ3n) is 4.40. The van der Waals surface area contributed by atoms with Crippen LogP contribution in [0.3, 0.4) is 0 Å². The number of ether oxygens (including phenoxy) is 3. The minimum atomic E-state index is -1.25. The van der Waals surface area contributed by atoms with Crippen LogP contribution in [0.1, 0.15) is 47.1 Å². The van der Waals surface area contributed by atoms with Gasteiger partial charge in [-0.25, -0.2) is 4.79 Å². The first-order chi connectivity index (χ1) is 13.8. The largest absolute Gasteiger partial charge is 0.444 e. The Morgan fingerprint density at radius 2 is 1.97 bits per heavy atom. The maximum atomic E-state index is 12.9. The van der Waals surface area contributed by atoms with E-state index in [0.717, 1.165) is 0 Å². The van der Waals surface area contributed by atoms with Crippen molar-refractivity contribution in [3.05, 3.63) is 33.8 Å². The molecule has 3 unspecified atom stereocenters. The van der Waals surface area contributed by atoms with Crippen LogP contribution < -0.4 is 10.6 Å². The number of nitrogens with one attached hydrogen (secondary N) is 2. The highest BCUT2D eigenvalue weighted by molar-refractivity contribution is 6.35. The van der Waals surface area contributed by atoms with Gasteiger partial charge in [-0.2, -0.15) is 0 Å². The Labute approximate surface area is 187 Å². The Kier molecular flexibility index (Phi) is 8.02. The summed E-state index contributed by atoms with van der Waals surface area (Å²) in [5.74, 6) is -1.80. The highest BCUT2D eigenvalue weighted by atomic mass is 35.5. The molecular weight excluding hydrogens is 431 g/mol. The molecule has 0 aromatic heterocycles. The summed E-state index contributed by atoms with van der Waals surface area (Å²) < 4.78 is 17.2. The second kappa shape index (κ2) is 9.73. The Balaban J connectivity index is 2.15. The highest BCUT2D eigenvalue weighted by Crippen LogP contribution is 2.38. The van der Waals surface area contributed by atoms with Crippen molar-refractivity contribution < 1.29 is 23.8 Å². The zero-order valence-corrected chi connectivity index (χ0v) is 19.7. The molecule has 2 N–H and O–H groups in total. The van der Waals surface area contributed by atoms with Crippen LogP contribution in [0.25, 0.3) is 0 Å². The molecule has 0 aliphatic carbocycles. The average Bonchev–Trinajstić information content (AvgIpc) is 2.97. The Hall–Kier alpha value is -1.54. The van der Waals surface area contributed by atoms with Crippen LogP contribution in [0.4, 0.5) is 4.79 Å². The van der Waals surface area contributed by atoms with Gasteiger partial charge in [0.25, 0.3) is 0 Å². The van der Waals surface area contributed by atoms with Crippen molar-refractivity contribution in [2.75, 3.05) is 13.2 Å². The summed E-state index contributed by atoms with van der Waals surface area (Å²) in [6, 6.07) is 4.20. The van der Waals surface area contributed by atoms with Crippen LogP contribution in [0, 0.1) is 5.92 Å². The van der Waals surface area contributed by atoms with E-state index in [9.17, 15) is 9.59 Å². The minimum Gasteiger partial charge on any atom is -0.444 e. The lowest BCUT2D eigenvalue weighted by Crippen LogP contribution is -2.53. The van der Waals surface area contributed by atoms with E-state index in [2.05, 4.69) is 10.6 Å². The van der Waals surface area contributed by atoms with Gasteiger partial charge in [-0.05, 0) is 45.7 Å². The molecule has 1 saturated heterocycles. The van der Waals surface area contributed by atoms with Gasteiger partial charge in [0.15, 0.2) is 0 Å². The second-order valence-corrected chi connectivity index (χ2v) is 9.55. The topological polar surface area (TPSA) is 85.9 Å². The number of carbonyl (C=O) groups excluding carboxylic acids is 2. The molecule has 168 valence electrons. The van der Waals surface area contributed by atoms with Crippen LogP contribution in [-0.4, -0.2) is 42.9 Å². The Morgan fingerprint density at radius 3 is 2.47 bits per heavy atom. The van der Waals surface area contributed by atoms with Gasteiger partial charge in [-0.15, -0.1) is 0 Å². The van der Waals surface area contributed by atoms with Crippen LogP contribution in [0.2, 0.25) is 10.0 Å². The van der Waals surface area contributed by atoms with Crippen LogP contribution in [-0.2, 0) is 24.8 Å². The Morgan fingerprint density at radius 1 is 1.30 bits per heavy atom. The van der Waals surface area contributed by atoms with E-state index in [1.165, 1.54) is 0 Å². The molecule has 0 saturated carbocycles. The maximum Gasteiger partial charge on any atom is 0.408 e. The van der Waals surface area contributed by atoms with E-state index >= 15 is 0 Å². The van der Waals surface area contributed by atoms with E-state index in [-0.39, 0.29) is 24.5 Å². The molecule has 3 atom stereocenters. The summed E-state index contributed by atoms with van der Waals surface area (Å²) in [5.41, 5.74) is -0.0986. The van der Waals surface area contributed by atoms with Crippen LogP contribution in [0.15, 0.2) is 18.2 Å². The van der Waals surface area contributed by atoms with E-state index < -0.39 is 23.5 Å². The molecule has 0 radical (unpaired) electrons. The number of rotatable bonds is 6. The number of carbonyl (C=O) groups is 2. The monoisotopic (exact) mass is 460 g/mol. The fourth-order valence-electron chi connectivity index (χ4n) is 3.06. The molecule has 0 bridgehead atoms. The quantitative estimate of drug-likeness (QED) is 0.662. The van der Waals surface area contributed by atoms with E-state index in [1.54, 1.807) is 39.0 Å². The van der Waals surface area contributed by atoms with Gasteiger partial charge >= 0.3 is 6.09 Å². The van der Waals surface area contributed by atoms with E-state index in [4.69, 9.17) is 37.4 Å². The van der Waals surface area contributed by atoms with Gasteiger partial charge in [-0.1, -0.05) is 43.1 Å². The van der Waals surface area contributed by atoms with Gasteiger partial charge in [-0.3, -0.25) is 4.79 Å². The molecule has 30 heavy (non-hydrogen) atoms. The normalized spacial score (nSPS) is 22.6. The molecular formula is C21H30Cl2N2O5. The lowest BCUT2D eigenvalue weighted by Gasteiger charge is -2.31. The third-order valence-corrected chi connectivity index (χ3v) is 4.95. The van der Waals surface area contributed by atoms with Crippen LogP contribution >= 0.6 is 23.2 Å². The first-order valence-corrected chi connectivity index (χ1v) is 10.6. The molecule has 1 aliphatic heterocycles. The number of benzene rings is 1. The van der Waals surface area contributed by atoms with E-state index in [0.29, 0.717) is 22.2 Å². The third kappa shape index (κ3) is 6.48. The first kappa shape index (κ1) is 24.7. The molecule has 1 aromatic rings. The molecule has 1 aliphatic rings. The van der Waals surface area contributed by atoms with Crippen molar-refractivity contribution in [3.63, 3.8) is 0 Å². The van der Waals surface area contributed by atoms with Gasteiger partial charge in [0, 0.05) is 10.6 Å². The maximum absolute atomic E-state index is 12.9. The van der Waals surface area contributed by atoms with Crippen molar-refractivity contribution in [3.8, 4) is 0 Å². The Bertz CT molecular complexity index is 781. The minimum absolute atomic E-state index is 0.0107. The number of alkyl carbamates (subject to hydrolysis) is 1. The molecule has 0 spiro atoms. The smallest absolute Gasteiger partial charge is 0.408 e. The van der Waals surface area contributed by atoms with Gasteiger partial charge in [0.05, 0.1) is 24.3 Å². The van der Waals surface area contributed by atoms with Gasteiger partial charge in [0.1, 0.15) is 11.6 Å². The fraction of sp³-hybridized carbons (Fsp3) is 0.619. The summed E-state index contributed by atoms with van der Waals surface area (Å²) in [7, 11) is 0. The summed E-state index contributed by atoms with van der Waals surface area (Å²) in [6.45, 7) is 11.2. The van der Waals surface area contributed by atoms with Crippen molar-refractivity contribution in [1.82, 2.24) is 10.6 Å². The summed E-state index contributed by atoms with van der Waals surface area (Å²) in [5, 5.41) is 6.31. The van der Waals surface area contributed by atoms with Crippen molar-refractivity contribution in [2.24, 2.45) is 5.92 Å². The number of hydrogen-bond donors (Lipinski definition) is 2. The zero-order chi connectivity index (χ0) is 22.7. The van der Waals surface area contributed by atoms with Crippen LogP contribution in [0.5, 0.6) is 0 Å². The van der Waals surface area contributed by atoms with Gasteiger partial charge < -0.3 is 24.8 Å². The zero-order valence-electron chi connectivity index (χ0n) is 18.2. The molecule has 7 nitrogen and oxygen atoms in total. The van der Waals surface area contributed by atoms with Crippen molar-refractivity contribution >= 4 is 35.2 Å². The number of halogens is 2. The molecule has 1 fully saturated rings. The predicted molar refractivity (Wildman–Crippen MR) is 116 cm³/mol. The fourth-order valence-corrected chi connectivity index (χ4v) is 3.61. The lowest BCUT2D eigenvalue weighted by molar-refractivity contribution is -0.174. The molecule has 2 amide bonds. The van der Waals surface area contributed by atoms with Crippen molar-refractivity contribution in [1.29, 1.82) is 0 Å². The molecule has 9 heteroatoms. The molecule has 1 heterocycles. The summed E-state index contributed by atoms with van der Waals surface area (Å²) in [6.07, 6.45) is -0.844. The van der Waals surface area contributed by atoms with Gasteiger partial charge in [0.2, 0.25) is 11.7 Å². The summed E-state index contributed by atoms with van der Waals surface area (Å²) in [4.78, 5) is 25.0. The molecule has 2 rings (SSSR count). The first-order valence-electron chi connectivity index (χ1n) is 9.87. The van der Waals surface area contributed by atoms with E-state index in [1.807, 2.05) is 20.8 Å². The second-order valence-electron chi connectivity index (χ2n) is 8.70. The number of amides is 2. The van der Waals surface area contributed by atoms with Crippen molar-refractivity contribution in [2.45, 2.75) is 65.1 Å². The predicted octanol–water partition coefficient (Wildman–Crippen LogP) is 4.25. The summed E-state index contributed by atoms with van der Waals surface area (Å²) >= 11 is 12.4. The lowest BCUT2D eigenvalue weighted by atomic mass is 10.0. The SMILES string of the molecule is CC1COC(CNC(=O)C(NC(=O)OC(C)(C)C)C(C)C)(c2ccc(Cl)cc2Cl)O1. The highest BCUT2D eigenvalue weighted by Gasteiger charge is 2.44. The average molecular weight is 461 g/mol. The number of hydrogen-bond acceptors (Lipinski definition) is 5. The molecule has 1 aromatic carbocycles.